The lowest BCUT2D eigenvalue weighted by Gasteiger charge is -2.49. The normalized spacial score (nSPS) is 24.2. The van der Waals surface area contributed by atoms with E-state index in [1.54, 1.807) is 0 Å². The van der Waals surface area contributed by atoms with Crippen LogP contribution in [0, 0.1) is 0 Å². The molecule has 7 aromatic carbocycles. The molecule has 2 aliphatic rings. The summed E-state index contributed by atoms with van der Waals surface area (Å²) in [6.07, 6.45) is -8.85. The largest absolute Gasteiger partial charge is 0.394 e. The van der Waals surface area contributed by atoms with E-state index in [0.29, 0.717) is 6.61 Å². The highest BCUT2D eigenvalue weighted by atomic mass is 16.8. The van der Waals surface area contributed by atoms with Gasteiger partial charge in [0.2, 0.25) is 0 Å². The van der Waals surface area contributed by atoms with Crippen LogP contribution in [0.3, 0.4) is 0 Å². The number of hydrogen-bond donors (Lipinski definition) is 1. The second-order valence-corrected chi connectivity index (χ2v) is 18.0. The Morgan fingerprint density at radius 2 is 0.542 bits per heavy atom. The molecule has 72 heavy (non-hydrogen) atoms. The summed E-state index contributed by atoms with van der Waals surface area (Å²) >= 11 is 0. The van der Waals surface area contributed by atoms with Gasteiger partial charge in [0.15, 0.2) is 12.6 Å². The van der Waals surface area contributed by atoms with Gasteiger partial charge in [-0.25, -0.2) is 0 Å². The van der Waals surface area contributed by atoms with Crippen molar-refractivity contribution in [3.05, 3.63) is 251 Å². The Balaban J connectivity index is 1.09. The van der Waals surface area contributed by atoms with Gasteiger partial charge in [-0.1, -0.05) is 212 Å². The summed E-state index contributed by atoms with van der Waals surface area (Å²) in [5, 5.41) is 11.2. The van der Waals surface area contributed by atoms with E-state index in [4.69, 9.17) is 47.4 Å². The fraction of sp³-hybridized carbons (Fsp3) is 0.311. The summed E-state index contributed by atoms with van der Waals surface area (Å²) in [6.45, 7) is 1.46. The Bertz CT molecular complexity index is 2550. The van der Waals surface area contributed by atoms with Gasteiger partial charge in [-0.3, -0.25) is 0 Å². The Labute approximate surface area is 423 Å². The minimum atomic E-state index is -1.18. The fourth-order valence-electron chi connectivity index (χ4n) is 8.99. The van der Waals surface area contributed by atoms with Gasteiger partial charge < -0.3 is 52.5 Å². The Kier molecular flexibility index (Phi) is 19.3. The maximum Gasteiger partial charge on any atom is 0.190 e. The third-order valence-corrected chi connectivity index (χ3v) is 12.7. The smallest absolute Gasteiger partial charge is 0.190 e. The van der Waals surface area contributed by atoms with Crippen LogP contribution in [-0.4, -0.2) is 79.7 Å². The van der Waals surface area contributed by atoms with E-state index in [1.165, 1.54) is 0 Å². The van der Waals surface area contributed by atoms with Crippen molar-refractivity contribution in [3.8, 4) is 0 Å². The van der Waals surface area contributed by atoms with Crippen LogP contribution in [0.1, 0.15) is 38.9 Å². The number of aliphatic hydroxyl groups excluding tert-OH is 1. The van der Waals surface area contributed by atoms with Gasteiger partial charge in [0.05, 0.1) is 59.5 Å². The van der Waals surface area contributed by atoms with Crippen LogP contribution in [-0.2, 0) is 93.6 Å². The second kappa shape index (κ2) is 27.2. The average molecular weight is 973 g/mol. The van der Waals surface area contributed by atoms with E-state index in [0.717, 1.165) is 38.9 Å². The molecule has 0 radical (unpaired) electrons. The van der Waals surface area contributed by atoms with Crippen molar-refractivity contribution >= 4 is 0 Å². The van der Waals surface area contributed by atoms with Crippen LogP contribution >= 0.6 is 0 Å². The number of hydrogen-bond acceptors (Lipinski definition) is 11. The number of rotatable bonds is 25. The lowest BCUT2D eigenvalue weighted by Crippen LogP contribution is -2.66. The predicted molar refractivity (Wildman–Crippen MR) is 272 cm³/mol. The van der Waals surface area contributed by atoms with Gasteiger partial charge in [0.25, 0.3) is 0 Å². The zero-order valence-electron chi connectivity index (χ0n) is 40.4. The molecule has 9 rings (SSSR count). The Hall–Kier alpha value is -5.90. The third kappa shape index (κ3) is 14.6. The average Bonchev–Trinajstić information content (AvgIpc) is 3.44. The molecule has 10 atom stereocenters. The highest BCUT2D eigenvalue weighted by molar-refractivity contribution is 5.19. The van der Waals surface area contributed by atoms with Gasteiger partial charge >= 0.3 is 0 Å². The zero-order valence-corrected chi connectivity index (χ0v) is 40.4. The van der Waals surface area contributed by atoms with Crippen molar-refractivity contribution in [1.82, 2.24) is 0 Å². The third-order valence-electron chi connectivity index (χ3n) is 12.7. The topological polar surface area (TPSA) is 113 Å². The summed E-state index contributed by atoms with van der Waals surface area (Å²) in [5.74, 6) is 0. The Morgan fingerprint density at radius 1 is 0.292 bits per heavy atom. The molecule has 0 amide bonds. The molecular weight excluding hydrogens is 909 g/mol. The molecule has 2 fully saturated rings. The second-order valence-electron chi connectivity index (χ2n) is 18.0. The molecule has 11 nitrogen and oxygen atoms in total. The summed E-state index contributed by atoms with van der Waals surface area (Å²) < 4.78 is 69.2. The highest BCUT2D eigenvalue weighted by Gasteiger charge is 2.54. The van der Waals surface area contributed by atoms with Crippen LogP contribution in [0.2, 0.25) is 0 Å². The van der Waals surface area contributed by atoms with Gasteiger partial charge in [0, 0.05) is 0 Å². The quantitative estimate of drug-likeness (QED) is 0.0591. The van der Waals surface area contributed by atoms with Crippen LogP contribution in [0.15, 0.2) is 212 Å². The molecule has 1 N–H and O–H groups in total. The van der Waals surface area contributed by atoms with Crippen molar-refractivity contribution in [2.45, 2.75) is 108 Å². The van der Waals surface area contributed by atoms with E-state index >= 15 is 0 Å². The van der Waals surface area contributed by atoms with Gasteiger partial charge in [0.1, 0.15) is 48.8 Å². The van der Waals surface area contributed by atoms with E-state index in [1.807, 2.05) is 212 Å². The maximum absolute atomic E-state index is 11.2. The summed E-state index contributed by atoms with van der Waals surface area (Å²) in [5.41, 5.74) is 6.75. The number of ether oxygens (including phenoxy) is 10. The molecule has 0 spiro atoms. The lowest BCUT2D eigenvalue weighted by atomic mass is 9.96. The first-order valence-corrected chi connectivity index (χ1v) is 24.8. The molecule has 6 unspecified atom stereocenters. The lowest BCUT2D eigenvalue weighted by molar-refractivity contribution is -0.394. The van der Waals surface area contributed by atoms with E-state index in [-0.39, 0.29) is 46.2 Å². The first kappa shape index (κ1) is 51.0. The monoisotopic (exact) mass is 972 g/mol. The van der Waals surface area contributed by atoms with Crippen molar-refractivity contribution < 1.29 is 52.5 Å². The van der Waals surface area contributed by atoms with Crippen molar-refractivity contribution in [3.63, 3.8) is 0 Å². The number of benzene rings is 7. The molecule has 374 valence electrons. The van der Waals surface area contributed by atoms with Crippen molar-refractivity contribution in [1.29, 1.82) is 0 Å². The van der Waals surface area contributed by atoms with Gasteiger partial charge in [-0.15, -0.1) is 0 Å². The summed E-state index contributed by atoms with van der Waals surface area (Å²) in [6, 6.07) is 69.7. The van der Waals surface area contributed by atoms with Crippen molar-refractivity contribution in [2.75, 3.05) is 13.2 Å². The molecule has 0 aromatic heterocycles. The van der Waals surface area contributed by atoms with Crippen LogP contribution in [0.5, 0.6) is 0 Å². The van der Waals surface area contributed by atoms with Crippen LogP contribution < -0.4 is 0 Å². The molecule has 0 aliphatic carbocycles. The molecule has 2 saturated heterocycles. The molecule has 0 bridgehead atoms. The highest BCUT2D eigenvalue weighted by Crippen LogP contribution is 2.37. The molecular formula is C61H64O11. The summed E-state index contributed by atoms with van der Waals surface area (Å²) in [7, 11) is 0. The first-order valence-electron chi connectivity index (χ1n) is 24.8. The molecule has 11 heteroatoms. The molecule has 7 aromatic rings. The maximum atomic E-state index is 11.2. The predicted octanol–water partition coefficient (Wildman–Crippen LogP) is 10.2. The zero-order chi connectivity index (χ0) is 49.0. The van der Waals surface area contributed by atoms with Gasteiger partial charge in [-0.05, 0) is 38.9 Å². The van der Waals surface area contributed by atoms with Gasteiger partial charge in [-0.2, -0.15) is 0 Å². The minimum Gasteiger partial charge on any atom is -0.394 e. The molecule has 2 aliphatic heterocycles. The van der Waals surface area contributed by atoms with Crippen LogP contribution in [0.25, 0.3) is 0 Å². The number of aliphatic hydroxyl groups is 1. The first-order chi connectivity index (χ1) is 35.7. The molecule has 2 heterocycles. The van der Waals surface area contributed by atoms with Crippen molar-refractivity contribution in [2.24, 2.45) is 0 Å². The fourth-order valence-corrected chi connectivity index (χ4v) is 8.99. The van der Waals surface area contributed by atoms with E-state index in [2.05, 4.69) is 0 Å². The minimum absolute atomic E-state index is 0.127. The van der Waals surface area contributed by atoms with E-state index < -0.39 is 68.0 Å². The van der Waals surface area contributed by atoms with E-state index in [9.17, 15) is 5.11 Å². The standard InChI is InChI=1S/C61H64O11/c62-36-52-54(64-38-46-24-10-2-11-25-46)56(66-40-48-28-14-4-15-29-48)58(68-42-50-32-18-6-19-33-50)60(70-52)72-61-59(69-43-51-34-20-7-21-35-51)57(67-41-49-30-16-5-17-31-49)55(65-39-47-26-12-3-13-27-47)53(71-61)44-63-37-45-22-8-1-9-23-45/h1-35,52-62H,36-44H2/t52?,53?,54-,55-,56?,57?,58?,59?,60-,61-/m1/s1. The molecule has 0 saturated carbocycles. The van der Waals surface area contributed by atoms with Crippen LogP contribution in [0.4, 0.5) is 0 Å². The summed E-state index contributed by atoms with van der Waals surface area (Å²) in [4.78, 5) is 0. The Morgan fingerprint density at radius 3 is 0.847 bits per heavy atom. The SMILES string of the molecule is OCC1O[C@H](O[C@H]2OC(COCc3ccccc3)[C@@H](OCc3ccccc3)C(OCc3ccccc3)C2OCc2ccccc2)C(OCc2ccccc2)C(OCc2ccccc2)[C@@H]1OCc1ccccc1.